The number of halogens is 2. The van der Waals surface area contributed by atoms with E-state index < -0.39 is 0 Å². The normalized spacial score (nSPS) is 15.4. The molecule has 0 atom stereocenters. The van der Waals surface area contributed by atoms with Crippen molar-refractivity contribution >= 4 is 21.5 Å². The average molecular weight is 527 g/mol. The van der Waals surface area contributed by atoms with Gasteiger partial charge in [-0.05, 0) is 37.5 Å². The number of rotatable bonds is 2. The van der Waals surface area contributed by atoms with Gasteiger partial charge in [-0.1, -0.05) is 37.8 Å². The Balaban J connectivity index is 0.000000283. The first-order valence-electron chi connectivity index (χ1n) is 12.2. The average Bonchev–Trinajstić information content (AvgIpc) is 3.60. The van der Waals surface area contributed by atoms with E-state index >= 15 is 0 Å². The Morgan fingerprint density at radius 2 is 0.941 bits per heavy atom. The molecule has 0 saturated heterocycles. The predicted molar refractivity (Wildman–Crippen MR) is 137 cm³/mol. The molecule has 182 valence electrons. The van der Waals surface area contributed by atoms with Gasteiger partial charge in [0, 0.05) is 0 Å². The quantitative estimate of drug-likeness (QED) is 0.277. The zero-order valence-corrected chi connectivity index (χ0v) is 23.2. The molecule has 0 N–H and O–H groups in total. The molecule has 0 nitrogen and oxygen atoms in total. The van der Waals surface area contributed by atoms with E-state index in [2.05, 4.69) is 86.6 Å². The summed E-state index contributed by atoms with van der Waals surface area (Å²) in [5.41, 5.74) is 3.15. The van der Waals surface area contributed by atoms with Crippen LogP contribution in [0.3, 0.4) is 0 Å². The Kier molecular flexibility index (Phi) is 14.4. The SMILES string of the molecule is [CH2-]C[CH2-].[Cl-].[Cl-].[Ti+2].c1ccc2[cH-]c(C3CCCC3)cc2c1.c1ccc2[cH-]c(C3CCCC3)cc2c1. The molecule has 6 rings (SSSR count). The van der Waals surface area contributed by atoms with Gasteiger partial charge in [0.2, 0.25) is 0 Å². The van der Waals surface area contributed by atoms with Crippen LogP contribution in [-0.4, -0.2) is 0 Å². The van der Waals surface area contributed by atoms with Crippen LogP contribution in [0.1, 0.15) is 80.8 Å². The molecule has 2 saturated carbocycles. The minimum atomic E-state index is 0. The molecule has 2 aliphatic rings. The van der Waals surface area contributed by atoms with Crippen molar-refractivity contribution in [3.63, 3.8) is 0 Å². The third kappa shape index (κ3) is 7.99. The number of hydrogen-bond acceptors (Lipinski definition) is 0. The van der Waals surface area contributed by atoms with E-state index in [0.717, 1.165) is 18.3 Å². The molecule has 3 heteroatoms. The van der Waals surface area contributed by atoms with Crippen LogP contribution in [0, 0.1) is 13.8 Å². The number of fused-ring (bicyclic) bond motifs is 2. The third-order valence-electron chi connectivity index (χ3n) is 6.93. The fourth-order valence-corrected chi connectivity index (χ4v) is 5.34. The first-order chi connectivity index (χ1) is 15.3. The minimum absolute atomic E-state index is 0. The summed E-state index contributed by atoms with van der Waals surface area (Å²) >= 11 is 0. The third-order valence-corrected chi connectivity index (χ3v) is 6.93. The fraction of sp³-hybridized carbons (Fsp3) is 0.355. The number of benzene rings is 2. The molecular weight excluding hydrogens is 491 g/mol. The Labute approximate surface area is 234 Å². The van der Waals surface area contributed by atoms with E-state index in [1.807, 2.05) is 0 Å². The van der Waals surface area contributed by atoms with E-state index in [4.69, 9.17) is 0 Å². The molecule has 4 aromatic carbocycles. The molecule has 2 aliphatic carbocycles. The molecule has 0 unspecified atom stereocenters. The summed E-state index contributed by atoms with van der Waals surface area (Å²) in [7, 11) is 0. The fourth-order valence-electron chi connectivity index (χ4n) is 5.34. The molecule has 0 amide bonds. The molecule has 0 heterocycles. The largest absolute Gasteiger partial charge is 2.00 e. The van der Waals surface area contributed by atoms with Gasteiger partial charge < -0.3 is 45.1 Å². The minimum Gasteiger partial charge on any atom is -1.00 e. The molecule has 0 aromatic heterocycles. The summed E-state index contributed by atoms with van der Waals surface area (Å²) < 4.78 is 0. The Hall–Kier alpha value is -1.05. The van der Waals surface area contributed by atoms with E-state index in [-0.39, 0.29) is 46.5 Å². The van der Waals surface area contributed by atoms with Crippen LogP contribution in [0.5, 0.6) is 0 Å². The smallest absolute Gasteiger partial charge is 1.00 e. The number of hydrogen-bond donors (Lipinski definition) is 0. The first-order valence-corrected chi connectivity index (χ1v) is 12.2. The van der Waals surface area contributed by atoms with Crippen LogP contribution >= 0.6 is 0 Å². The Morgan fingerprint density at radius 3 is 1.26 bits per heavy atom. The van der Waals surface area contributed by atoms with Gasteiger partial charge in [0.05, 0.1) is 0 Å². The summed E-state index contributed by atoms with van der Waals surface area (Å²) in [5.74, 6) is 1.70. The van der Waals surface area contributed by atoms with Gasteiger partial charge in [-0.2, -0.15) is 12.1 Å². The summed E-state index contributed by atoms with van der Waals surface area (Å²) in [6.07, 6.45) is 12.0. The van der Waals surface area contributed by atoms with E-state index in [1.165, 1.54) is 72.9 Å². The summed E-state index contributed by atoms with van der Waals surface area (Å²) in [6, 6.07) is 26.9. The molecular formula is C31H36Cl2Ti-4. The standard InChI is InChI=1S/2C14H15.C3H6.2ClH.Ti/c2*1-2-6-11(5-1)14-9-12-7-3-4-8-13(12)10-14;1-3-2;;;/h2*3-4,7-11H,1-2,5-6H2;1-3H2;2*1H;/q2*-1;-2;;;+2/p-2. The monoisotopic (exact) mass is 526 g/mol. The zero-order chi connectivity index (χ0) is 21.5. The molecule has 0 spiro atoms. The molecule has 34 heavy (non-hydrogen) atoms. The second kappa shape index (κ2) is 15.8. The molecule has 0 aliphatic heterocycles. The van der Waals surface area contributed by atoms with Crippen molar-refractivity contribution in [1.29, 1.82) is 0 Å². The van der Waals surface area contributed by atoms with Crippen molar-refractivity contribution in [3.05, 3.63) is 97.8 Å². The van der Waals surface area contributed by atoms with Gasteiger partial charge >= 0.3 is 21.7 Å². The van der Waals surface area contributed by atoms with Crippen molar-refractivity contribution < 1.29 is 46.5 Å². The molecule has 2 fully saturated rings. The maximum absolute atomic E-state index is 3.38. The van der Waals surface area contributed by atoms with Crippen LogP contribution in [0.25, 0.3) is 21.5 Å². The first kappa shape index (κ1) is 31.0. The summed E-state index contributed by atoms with van der Waals surface area (Å²) in [5, 5.41) is 5.65. The molecule has 0 radical (unpaired) electrons. The second-order valence-electron chi connectivity index (χ2n) is 9.15. The maximum atomic E-state index is 3.38. The topological polar surface area (TPSA) is 0 Å². The molecule has 0 bridgehead atoms. The maximum Gasteiger partial charge on any atom is 2.00 e. The van der Waals surface area contributed by atoms with Crippen molar-refractivity contribution in [2.45, 2.75) is 69.6 Å². The van der Waals surface area contributed by atoms with Crippen LogP contribution in [0.2, 0.25) is 0 Å². The van der Waals surface area contributed by atoms with Crippen LogP contribution in [0.15, 0.2) is 72.8 Å². The van der Waals surface area contributed by atoms with E-state index in [0.29, 0.717) is 0 Å². The van der Waals surface area contributed by atoms with Gasteiger partial charge in [-0.25, -0.2) is 0 Å². The predicted octanol–water partition coefficient (Wildman–Crippen LogP) is 3.48. The van der Waals surface area contributed by atoms with Crippen LogP contribution in [-0.2, 0) is 21.7 Å². The van der Waals surface area contributed by atoms with Crippen molar-refractivity contribution in [2.24, 2.45) is 0 Å². The van der Waals surface area contributed by atoms with E-state index in [1.54, 1.807) is 11.1 Å². The van der Waals surface area contributed by atoms with Gasteiger partial charge in [-0.3, -0.25) is 0 Å². The second-order valence-corrected chi connectivity index (χ2v) is 9.15. The van der Waals surface area contributed by atoms with Crippen molar-refractivity contribution in [2.75, 3.05) is 0 Å². The van der Waals surface area contributed by atoms with Gasteiger partial charge in [-0.15, -0.1) is 81.2 Å². The van der Waals surface area contributed by atoms with Crippen LogP contribution in [0.4, 0.5) is 0 Å². The Bertz CT molecular complexity index is 913. The van der Waals surface area contributed by atoms with Crippen molar-refractivity contribution in [3.8, 4) is 0 Å². The van der Waals surface area contributed by atoms with Gasteiger partial charge in [0.25, 0.3) is 0 Å². The van der Waals surface area contributed by atoms with Gasteiger partial charge in [0.15, 0.2) is 0 Å². The van der Waals surface area contributed by atoms with Crippen LogP contribution < -0.4 is 24.8 Å². The molecule has 4 aromatic rings. The summed E-state index contributed by atoms with van der Waals surface area (Å²) in [6.45, 7) is 6.75. The Morgan fingerprint density at radius 1 is 0.618 bits per heavy atom. The zero-order valence-electron chi connectivity index (χ0n) is 20.1. The van der Waals surface area contributed by atoms with E-state index in [9.17, 15) is 0 Å². The summed E-state index contributed by atoms with van der Waals surface area (Å²) in [4.78, 5) is 0. The van der Waals surface area contributed by atoms with Crippen molar-refractivity contribution in [1.82, 2.24) is 0 Å². The van der Waals surface area contributed by atoms with Gasteiger partial charge in [0.1, 0.15) is 0 Å².